The molecule has 0 amide bonds. The lowest BCUT2D eigenvalue weighted by atomic mass is 10.0. The van der Waals surface area contributed by atoms with Crippen LogP contribution in [0.2, 0.25) is 39.5 Å². The van der Waals surface area contributed by atoms with Crippen LogP contribution in [0.4, 0.5) is 0 Å². The maximum atomic E-state index is 11.0. The average molecular weight is 1530 g/mol. The molecule has 14 nitrogen and oxygen atoms in total. The molecule has 434 valence electrons. The Morgan fingerprint density at radius 2 is 0.818 bits per heavy atom. The van der Waals surface area contributed by atoms with Gasteiger partial charge in [0.2, 0.25) is 18.1 Å². The van der Waals surface area contributed by atoms with Crippen molar-refractivity contribution in [2.45, 2.75) is 99.0 Å². The highest BCUT2D eigenvalue weighted by Crippen LogP contribution is 2.33. The van der Waals surface area contributed by atoms with Crippen LogP contribution in [0.5, 0.6) is 0 Å². The molecule has 2 fully saturated rings. The van der Waals surface area contributed by atoms with Gasteiger partial charge in [0.15, 0.2) is 0 Å². The molecular formula is C40H37Cl15O14S8. The number of thiophene rings is 1. The van der Waals surface area contributed by atoms with Gasteiger partial charge in [0.25, 0.3) is 45.3 Å². The van der Waals surface area contributed by atoms with Gasteiger partial charge in [0.1, 0.15) is 23.8 Å². The van der Waals surface area contributed by atoms with E-state index in [9.17, 15) is 58.9 Å². The van der Waals surface area contributed by atoms with E-state index in [-0.39, 0.29) is 64.4 Å². The van der Waals surface area contributed by atoms with E-state index in [4.69, 9.17) is 168 Å². The highest BCUT2D eigenvalue weighted by molar-refractivity contribution is 8.16. The van der Waals surface area contributed by atoms with E-state index in [1.165, 1.54) is 72.8 Å². The van der Waals surface area contributed by atoms with Crippen LogP contribution in [0, 0.1) is 6.92 Å². The maximum absolute atomic E-state index is 11.0. The van der Waals surface area contributed by atoms with Crippen LogP contribution in [-0.2, 0) is 63.4 Å². The summed E-state index contributed by atoms with van der Waals surface area (Å²) in [4.78, 5) is -0.472. The Morgan fingerprint density at radius 3 is 1.14 bits per heavy atom. The summed E-state index contributed by atoms with van der Waals surface area (Å²) < 4.78 is 151. The summed E-state index contributed by atoms with van der Waals surface area (Å²) in [5, 5.41) is 0.495. The summed E-state index contributed by atoms with van der Waals surface area (Å²) in [6.45, 7) is 1.64. The van der Waals surface area contributed by atoms with Gasteiger partial charge in [-0.2, -0.15) is 0 Å². The standard InChI is InChI=1S/C7H6Cl2O2S.3C6H3Cl3O2S.C6H11ClO2S.C5H9ClO2S.C4H2Cl2O2S2/c1-5-3-2-4-6(8)7(5)12(9,10)11;7-4-1-2-6(5(8)3-4)12(9,10)11;7-4-1-2-5(8)6(3-4)12(9,10)11;7-4-2-1-3-5(6(4)8)12(9,10)11;7-10(8,9)6-4-2-1-3-5-6;6-9(7,8)5-3-1-2-4-5;5-3-1-2-4(9-3)10(6,7)8/h2-4H,1H3;3*1-3H;6H,1-5H2;5H,1-4H2;1-2H. The lowest BCUT2D eigenvalue weighted by molar-refractivity contribution is 0.490. The van der Waals surface area contributed by atoms with Gasteiger partial charge in [-0.3, -0.25) is 0 Å². The van der Waals surface area contributed by atoms with E-state index in [2.05, 4.69) is 0 Å². The zero-order valence-electron chi connectivity index (χ0n) is 38.3. The van der Waals surface area contributed by atoms with Crippen molar-refractivity contribution < 1.29 is 58.9 Å². The Hall–Kier alpha value is 0.580. The summed E-state index contributed by atoms with van der Waals surface area (Å²) in [6, 6.07) is 19.9. The predicted octanol–water partition coefficient (Wildman–Crippen LogP) is 17.1. The van der Waals surface area contributed by atoms with Crippen molar-refractivity contribution in [1.82, 2.24) is 0 Å². The second-order valence-electron chi connectivity index (χ2n) is 15.0. The van der Waals surface area contributed by atoms with Gasteiger partial charge in [0.05, 0.1) is 39.9 Å². The molecule has 2 aliphatic rings. The molecule has 0 atom stereocenters. The molecule has 37 heteroatoms. The molecule has 0 aliphatic heterocycles. The first-order valence-corrected chi connectivity index (χ1v) is 40.5. The van der Waals surface area contributed by atoms with E-state index >= 15 is 0 Å². The van der Waals surface area contributed by atoms with Crippen molar-refractivity contribution in [3.8, 4) is 0 Å². The largest absolute Gasteiger partial charge is 0.270 e. The monoisotopic (exact) mass is 1520 g/mol. The van der Waals surface area contributed by atoms with Gasteiger partial charge in [-0.25, -0.2) is 58.9 Å². The van der Waals surface area contributed by atoms with Crippen LogP contribution >= 0.6 is 179 Å². The average Bonchev–Trinajstić information content (AvgIpc) is 3.99. The molecule has 0 bridgehead atoms. The minimum absolute atomic E-state index is 0.00617. The smallest absolute Gasteiger partial charge is 0.212 e. The fourth-order valence-corrected chi connectivity index (χ4v) is 18.2. The summed E-state index contributed by atoms with van der Waals surface area (Å²) >= 11 is 45.4. The predicted molar refractivity (Wildman–Crippen MR) is 319 cm³/mol. The van der Waals surface area contributed by atoms with E-state index in [0.717, 1.165) is 69.1 Å². The number of halogens is 15. The van der Waals surface area contributed by atoms with Crippen LogP contribution in [0.3, 0.4) is 0 Å². The first kappa shape index (κ1) is 75.6. The highest BCUT2D eigenvalue weighted by Gasteiger charge is 2.27. The molecule has 2 saturated carbocycles. The van der Waals surface area contributed by atoms with Gasteiger partial charge >= 0.3 is 0 Å². The lowest BCUT2D eigenvalue weighted by Crippen LogP contribution is -2.19. The van der Waals surface area contributed by atoms with Gasteiger partial charge < -0.3 is 0 Å². The van der Waals surface area contributed by atoms with Crippen molar-refractivity contribution in [1.29, 1.82) is 0 Å². The fraction of sp³-hybridized carbons (Fsp3) is 0.300. The molecule has 1 heterocycles. The van der Waals surface area contributed by atoms with Crippen molar-refractivity contribution in [3.05, 3.63) is 130 Å². The number of hydrogen-bond donors (Lipinski definition) is 0. The topological polar surface area (TPSA) is 239 Å². The minimum Gasteiger partial charge on any atom is -0.212 e. The molecule has 1 aromatic heterocycles. The Morgan fingerprint density at radius 1 is 0.390 bits per heavy atom. The zero-order valence-corrected chi connectivity index (χ0v) is 56.1. The van der Waals surface area contributed by atoms with Crippen LogP contribution < -0.4 is 0 Å². The first-order chi connectivity index (χ1) is 34.9. The third-order valence-corrected chi connectivity index (χ3v) is 25.0. The quantitative estimate of drug-likeness (QED) is 0.138. The molecule has 4 aromatic carbocycles. The van der Waals surface area contributed by atoms with Gasteiger partial charge in [0, 0.05) is 84.8 Å². The second-order valence-corrected chi connectivity index (χ2v) is 38.3. The van der Waals surface area contributed by atoms with Crippen LogP contribution in [0.25, 0.3) is 0 Å². The van der Waals surface area contributed by atoms with Crippen molar-refractivity contribution in [3.63, 3.8) is 0 Å². The van der Waals surface area contributed by atoms with E-state index in [1.54, 1.807) is 19.1 Å². The molecule has 0 unspecified atom stereocenters. The molecule has 0 spiro atoms. The molecule has 0 N–H and O–H groups in total. The second kappa shape index (κ2) is 33.3. The van der Waals surface area contributed by atoms with Crippen molar-refractivity contribution >= 4 is 242 Å². The third-order valence-electron chi connectivity index (χ3n) is 9.34. The van der Waals surface area contributed by atoms with Gasteiger partial charge in [-0.05, 0) is 105 Å². The number of rotatable bonds is 7. The molecule has 5 aromatic rings. The third kappa shape index (κ3) is 29.3. The number of aryl methyl sites for hydroxylation is 1. The molecule has 77 heavy (non-hydrogen) atoms. The molecule has 0 radical (unpaired) electrons. The van der Waals surface area contributed by atoms with Gasteiger partial charge in [-0.1, -0.05) is 143 Å². The maximum Gasteiger partial charge on any atom is 0.270 e. The van der Waals surface area contributed by atoms with E-state index in [1.807, 2.05) is 0 Å². The van der Waals surface area contributed by atoms with Crippen LogP contribution in [-0.4, -0.2) is 69.4 Å². The number of hydrogen-bond acceptors (Lipinski definition) is 15. The number of benzene rings is 4. The zero-order chi connectivity index (χ0) is 59.7. The van der Waals surface area contributed by atoms with Crippen LogP contribution in [0.15, 0.2) is 109 Å². The summed E-state index contributed by atoms with van der Waals surface area (Å²) in [5.41, 5.74) is 0.553. The Labute approximate surface area is 523 Å². The normalized spacial score (nSPS) is 14.4. The van der Waals surface area contributed by atoms with E-state index in [0.29, 0.717) is 14.9 Å². The molecular weight excluding hydrogens is 1490 g/mol. The molecule has 7 rings (SSSR count). The lowest BCUT2D eigenvalue weighted by Gasteiger charge is -2.17. The summed E-state index contributed by atoms with van der Waals surface area (Å²) in [7, 11) is 10.5. The van der Waals surface area contributed by atoms with E-state index < -0.39 is 63.4 Å². The molecule has 2 aliphatic carbocycles. The van der Waals surface area contributed by atoms with Gasteiger partial charge in [-0.15, -0.1) is 11.3 Å². The SMILES string of the molecule is Cc1cccc(Cl)c1S(=O)(=O)Cl.O=S(=O)(Cl)C1CCCC1.O=S(=O)(Cl)C1CCCCC1.O=S(=O)(Cl)c1cc(Cl)ccc1Cl.O=S(=O)(Cl)c1ccc(Cl)cc1Cl.O=S(=O)(Cl)c1ccc(Cl)s1.O=S(=O)(Cl)c1cccc(Cl)c1Cl. The Balaban J connectivity index is 0.000000450. The summed E-state index contributed by atoms with van der Waals surface area (Å²) in [5.74, 6) is 0. The Kier molecular flexibility index (Phi) is 32.7. The molecule has 0 saturated heterocycles. The highest BCUT2D eigenvalue weighted by atomic mass is 35.7. The summed E-state index contributed by atoms with van der Waals surface area (Å²) in [6.07, 6.45) is 8.22. The van der Waals surface area contributed by atoms with Crippen molar-refractivity contribution in [2.24, 2.45) is 0 Å². The fourth-order valence-electron chi connectivity index (χ4n) is 5.88. The Bertz CT molecular complexity index is 3560. The van der Waals surface area contributed by atoms with Crippen LogP contribution in [0.1, 0.15) is 63.4 Å². The first-order valence-electron chi connectivity index (χ1n) is 20.3. The minimum atomic E-state index is -3.80. The van der Waals surface area contributed by atoms with Crippen molar-refractivity contribution in [2.75, 3.05) is 0 Å².